The van der Waals surface area contributed by atoms with Gasteiger partial charge in [0.2, 0.25) is 0 Å². The van der Waals surface area contributed by atoms with Crippen LogP contribution in [0.25, 0.3) is 0 Å². The molecule has 1 fully saturated rings. The van der Waals surface area contributed by atoms with Gasteiger partial charge in [0, 0.05) is 6.54 Å². The lowest BCUT2D eigenvalue weighted by atomic mass is 10.1. The number of morpholine rings is 1. The van der Waals surface area contributed by atoms with Gasteiger partial charge in [0.25, 0.3) is 5.91 Å². The Bertz CT molecular complexity index is 621. The SMILES string of the molecule is Cc1cc(C(=O)N2CCOC(c3ccccc3)C2)sc1Br. The van der Waals surface area contributed by atoms with E-state index in [1.807, 2.05) is 48.2 Å². The first-order valence-corrected chi connectivity index (χ1v) is 8.48. The topological polar surface area (TPSA) is 29.5 Å². The van der Waals surface area contributed by atoms with Crippen molar-refractivity contribution in [3.63, 3.8) is 0 Å². The maximum Gasteiger partial charge on any atom is 0.264 e. The second kappa shape index (κ2) is 6.30. The molecule has 1 aromatic carbocycles. The molecule has 0 bridgehead atoms. The molecular weight excluding hydrogens is 350 g/mol. The van der Waals surface area contributed by atoms with Gasteiger partial charge in [-0.2, -0.15) is 0 Å². The van der Waals surface area contributed by atoms with Crippen LogP contribution in [0.2, 0.25) is 0 Å². The van der Waals surface area contributed by atoms with E-state index in [-0.39, 0.29) is 12.0 Å². The van der Waals surface area contributed by atoms with Crippen molar-refractivity contribution >= 4 is 33.2 Å². The van der Waals surface area contributed by atoms with Gasteiger partial charge in [0.05, 0.1) is 21.8 Å². The molecule has 1 atom stereocenters. The monoisotopic (exact) mass is 365 g/mol. The Kier molecular flexibility index (Phi) is 4.42. The average molecular weight is 366 g/mol. The van der Waals surface area contributed by atoms with Gasteiger partial charge in [0.15, 0.2) is 0 Å². The lowest BCUT2D eigenvalue weighted by Gasteiger charge is -2.33. The van der Waals surface area contributed by atoms with Crippen molar-refractivity contribution in [1.29, 1.82) is 0 Å². The summed E-state index contributed by atoms with van der Waals surface area (Å²) in [4.78, 5) is 15.3. The Morgan fingerprint density at radius 3 is 2.81 bits per heavy atom. The fourth-order valence-electron chi connectivity index (χ4n) is 2.42. The standard InChI is InChI=1S/C16H16BrNO2S/c1-11-9-14(21-15(11)17)16(19)18-7-8-20-13(10-18)12-5-3-2-4-6-12/h2-6,9,13H,7-8,10H2,1H3. The van der Waals surface area contributed by atoms with Gasteiger partial charge in [0.1, 0.15) is 6.10 Å². The predicted octanol–water partition coefficient (Wildman–Crippen LogP) is 4.03. The fourth-order valence-corrected chi connectivity index (χ4v) is 3.93. The molecule has 2 aromatic rings. The van der Waals surface area contributed by atoms with Crippen LogP contribution >= 0.6 is 27.3 Å². The van der Waals surface area contributed by atoms with Crippen LogP contribution in [0.15, 0.2) is 40.2 Å². The Morgan fingerprint density at radius 2 is 2.14 bits per heavy atom. The summed E-state index contributed by atoms with van der Waals surface area (Å²) in [5.41, 5.74) is 2.23. The largest absolute Gasteiger partial charge is 0.370 e. The number of amides is 1. The number of carbonyl (C=O) groups excluding carboxylic acids is 1. The quantitative estimate of drug-likeness (QED) is 0.803. The number of hydrogen-bond acceptors (Lipinski definition) is 3. The van der Waals surface area contributed by atoms with E-state index in [1.165, 1.54) is 11.3 Å². The van der Waals surface area contributed by atoms with E-state index in [1.54, 1.807) is 0 Å². The number of ether oxygens (including phenoxy) is 1. The van der Waals surface area contributed by atoms with Gasteiger partial charge in [-0.15, -0.1) is 11.3 Å². The van der Waals surface area contributed by atoms with E-state index < -0.39 is 0 Å². The van der Waals surface area contributed by atoms with Gasteiger partial charge in [-0.05, 0) is 40.0 Å². The van der Waals surface area contributed by atoms with Crippen molar-refractivity contribution < 1.29 is 9.53 Å². The molecule has 0 radical (unpaired) electrons. The van der Waals surface area contributed by atoms with Gasteiger partial charge in [-0.1, -0.05) is 30.3 Å². The Morgan fingerprint density at radius 1 is 1.38 bits per heavy atom. The number of aryl methyl sites for hydroxylation is 1. The zero-order valence-electron chi connectivity index (χ0n) is 11.7. The molecule has 0 spiro atoms. The van der Waals surface area contributed by atoms with Crippen molar-refractivity contribution in [3.8, 4) is 0 Å². The average Bonchev–Trinajstić information content (AvgIpc) is 2.87. The zero-order chi connectivity index (χ0) is 14.8. The summed E-state index contributed by atoms with van der Waals surface area (Å²) >= 11 is 4.98. The molecule has 1 aliphatic rings. The van der Waals surface area contributed by atoms with E-state index >= 15 is 0 Å². The first-order valence-electron chi connectivity index (χ1n) is 6.87. The second-order valence-corrected chi connectivity index (χ2v) is 7.46. The highest BCUT2D eigenvalue weighted by molar-refractivity contribution is 9.11. The molecule has 1 unspecified atom stereocenters. The molecule has 0 saturated carbocycles. The van der Waals surface area contributed by atoms with Crippen molar-refractivity contribution in [2.45, 2.75) is 13.0 Å². The van der Waals surface area contributed by atoms with Crippen molar-refractivity contribution in [2.24, 2.45) is 0 Å². The third kappa shape index (κ3) is 3.20. The second-order valence-electron chi connectivity index (χ2n) is 5.09. The van der Waals surface area contributed by atoms with E-state index in [0.29, 0.717) is 19.7 Å². The van der Waals surface area contributed by atoms with E-state index in [9.17, 15) is 4.79 Å². The van der Waals surface area contributed by atoms with Crippen LogP contribution in [0.4, 0.5) is 0 Å². The van der Waals surface area contributed by atoms with Crippen LogP contribution in [0.5, 0.6) is 0 Å². The lowest BCUT2D eigenvalue weighted by Crippen LogP contribution is -2.42. The highest BCUT2D eigenvalue weighted by Gasteiger charge is 2.27. The molecule has 0 N–H and O–H groups in total. The fraction of sp³-hybridized carbons (Fsp3) is 0.312. The maximum absolute atomic E-state index is 12.6. The van der Waals surface area contributed by atoms with E-state index in [0.717, 1.165) is 19.8 Å². The van der Waals surface area contributed by atoms with Gasteiger partial charge >= 0.3 is 0 Å². The Balaban J connectivity index is 1.75. The summed E-state index contributed by atoms with van der Waals surface area (Å²) < 4.78 is 6.84. The maximum atomic E-state index is 12.6. The lowest BCUT2D eigenvalue weighted by molar-refractivity contribution is -0.0226. The minimum Gasteiger partial charge on any atom is -0.370 e. The summed E-state index contributed by atoms with van der Waals surface area (Å²) in [6, 6.07) is 12.0. The Hall–Kier alpha value is -1.17. The minimum absolute atomic E-state index is 0.0339. The number of nitrogens with zero attached hydrogens (tertiary/aromatic N) is 1. The summed E-state index contributed by atoms with van der Waals surface area (Å²) in [5.74, 6) is 0.0954. The Labute approximate surface area is 136 Å². The molecule has 3 nitrogen and oxygen atoms in total. The molecule has 1 aromatic heterocycles. The minimum atomic E-state index is -0.0339. The predicted molar refractivity (Wildman–Crippen MR) is 87.8 cm³/mol. The normalized spacial score (nSPS) is 18.8. The molecule has 1 amide bonds. The van der Waals surface area contributed by atoms with E-state index in [2.05, 4.69) is 15.9 Å². The van der Waals surface area contributed by atoms with Crippen LogP contribution in [-0.4, -0.2) is 30.5 Å². The molecule has 21 heavy (non-hydrogen) atoms. The number of benzene rings is 1. The molecule has 0 aliphatic carbocycles. The van der Waals surface area contributed by atoms with Gasteiger partial charge in [-0.3, -0.25) is 4.79 Å². The molecule has 1 aliphatic heterocycles. The van der Waals surface area contributed by atoms with Crippen LogP contribution in [-0.2, 0) is 4.74 Å². The summed E-state index contributed by atoms with van der Waals surface area (Å²) in [6.07, 6.45) is -0.0339. The highest BCUT2D eigenvalue weighted by Crippen LogP contribution is 2.30. The first-order chi connectivity index (χ1) is 10.1. The summed E-state index contributed by atoms with van der Waals surface area (Å²) in [5, 5.41) is 0. The van der Waals surface area contributed by atoms with Crippen LogP contribution in [0, 0.1) is 6.92 Å². The molecule has 2 heterocycles. The summed E-state index contributed by atoms with van der Waals surface area (Å²) in [7, 11) is 0. The smallest absolute Gasteiger partial charge is 0.264 e. The number of rotatable bonds is 2. The molecule has 5 heteroatoms. The number of halogens is 1. The van der Waals surface area contributed by atoms with Gasteiger partial charge < -0.3 is 9.64 Å². The molecule has 110 valence electrons. The molecule has 1 saturated heterocycles. The van der Waals surface area contributed by atoms with Crippen LogP contribution < -0.4 is 0 Å². The van der Waals surface area contributed by atoms with E-state index in [4.69, 9.17) is 4.74 Å². The number of carbonyl (C=O) groups is 1. The third-order valence-electron chi connectivity index (χ3n) is 3.59. The first kappa shape index (κ1) is 14.8. The number of hydrogen-bond donors (Lipinski definition) is 0. The van der Waals surface area contributed by atoms with Crippen LogP contribution in [0.1, 0.15) is 26.9 Å². The number of thiophene rings is 1. The summed E-state index contributed by atoms with van der Waals surface area (Å²) in [6.45, 7) is 3.84. The third-order valence-corrected chi connectivity index (χ3v) is 5.72. The van der Waals surface area contributed by atoms with Crippen molar-refractivity contribution in [1.82, 2.24) is 4.90 Å². The van der Waals surface area contributed by atoms with Crippen molar-refractivity contribution in [2.75, 3.05) is 19.7 Å². The molecule has 3 rings (SSSR count). The van der Waals surface area contributed by atoms with Crippen molar-refractivity contribution in [3.05, 3.63) is 56.2 Å². The zero-order valence-corrected chi connectivity index (χ0v) is 14.1. The molecular formula is C16H16BrNO2S. The van der Waals surface area contributed by atoms with Gasteiger partial charge in [-0.25, -0.2) is 0 Å². The highest BCUT2D eigenvalue weighted by atomic mass is 79.9. The van der Waals surface area contributed by atoms with Crippen LogP contribution in [0.3, 0.4) is 0 Å².